The number of nitrogens with zero attached hydrogens (tertiary/aromatic N) is 1. The van der Waals surface area contributed by atoms with Crippen LogP contribution in [0.5, 0.6) is 0 Å². The summed E-state index contributed by atoms with van der Waals surface area (Å²) in [5.41, 5.74) is 1.61. The van der Waals surface area contributed by atoms with Gasteiger partial charge in [0.1, 0.15) is 0 Å². The van der Waals surface area contributed by atoms with Gasteiger partial charge in [-0.25, -0.2) is 17.5 Å². The zero-order valence-electron chi connectivity index (χ0n) is 18.2. The molecule has 2 atom stereocenters. The van der Waals surface area contributed by atoms with E-state index in [1.807, 2.05) is 12.1 Å². The van der Waals surface area contributed by atoms with E-state index in [4.69, 9.17) is 16.3 Å². The van der Waals surface area contributed by atoms with Crippen molar-refractivity contribution in [3.8, 4) is 0 Å². The van der Waals surface area contributed by atoms with Crippen LogP contribution in [0.3, 0.4) is 0 Å². The second-order valence-electron chi connectivity index (χ2n) is 7.40. The molecule has 0 bridgehead atoms. The van der Waals surface area contributed by atoms with Gasteiger partial charge in [-0.05, 0) is 55.2 Å². The van der Waals surface area contributed by atoms with Gasteiger partial charge in [0.2, 0.25) is 10.0 Å². The molecule has 1 N–H and O–H groups in total. The monoisotopic (exact) mass is 466 g/mol. The molecule has 1 amide bonds. The van der Waals surface area contributed by atoms with Gasteiger partial charge in [0.25, 0.3) is 5.91 Å². The highest BCUT2D eigenvalue weighted by Crippen LogP contribution is 2.24. The van der Waals surface area contributed by atoms with Crippen LogP contribution in [0.2, 0.25) is 5.02 Å². The highest BCUT2D eigenvalue weighted by atomic mass is 35.5. The first-order valence-electron chi connectivity index (χ1n) is 9.81. The number of benzene rings is 2. The van der Waals surface area contributed by atoms with E-state index >= 15 is 0 Å². The first kappa shape index (κ1) is 24.8. The summed E-state index contributed by atoms with van der Waals surface area (Å²) < 4.78 is 30.8. The number of rotatable bonds is 8. The van der Waals surface area contributed by atoms with Crippen molar-refractivity contribution >= 4 is 39.2 Å². The Morgan fingerprint density at radius 1 is 1.10 bits per heavy atom. The lowest BCUT2D eigenvalue weighted by Gasteiger charge is -2.16. The van der Waals surface area contributed by atoms with Gasteiger partial charge in [-0.2, -0.15) is 0 Å². The standard InChI is InChI=1S/C22H27ClN2O5S/c1-6-14(2)16-7-9-17(10-8-16)24-21(26)15(3)30-22(27)19-13-18(11-12-20(19)23)31(28,29)25(4)5/h7-15H,6H2,1-5H3,(H,24,26)/t14-,15-/m0/s1. The summed E-state index contributed by atoms with van der Waals surface area (Å²) in [4.78, 5) is 24.9. The van der Waals surface area contributed by atoms with Crippen LogP contribution in [0.25, 0.3) is 0 Å². The van der Waals surface area contributed by atoms with E-state index in [0.717, 1.165) is 16.8 Å². The van der Waals surface area contributed by atoms with Crippen molar-refractivity contribution < 1.29 is 22.7 Å². The van der Waals surface area contributed by atoms with Gasteiger partial charge in [0.05, 0.1) is 15.5 Å². The van der Waals surface area contributed by atoms with Gasteiger partial charge in [0.15, 0.2) is 6.10 Å². The predicted molar refractivity (Wildman–Crippen MR) is 121 cm³/mol. The first-order valence-corrected chi connectivity index (χ1v) is 11.6. The van der Waals surface area contributed by atoms with Crippen molar-refractivity contribution in [2.75, 3.05) is 19.4 Å². The predicted octanol–water partition coefficient (Wildman–Crippen LogP) is 4.29. The normalized spacial score (nSPS) is 13.5. The van der Waals surface area contributed by atoms with Crippen molar-refractivity contribution in [2.45, 2.75) is 44.1 Å². The molecule has 7 nitrogen and oxygen atoms in total. The molecule has 168 valence electrons. The summed E-state index contributed by atoms with van der Waals surface area (Å²) in [6.07, 6.45) is -0.106. The van der Waals surface area contributed by atoms with Crippen LogP contribution in [-0.2, 0) is 19.6 Å². The number of hydrogen-bond acceptors (Lipinski definition) is 5. The number of ether oxygens (including phenoxy) is 1. The fourth-order valence-electron chi connectivity index (χ4n) is 2.68. The van der Waals surface area contributed by atoms with Gasteiger partial charge in [-0.1, -0.05) is 37.6 Å². The van der Waals surface area contributed by atoms with E-state index in [9.17, 15) is 18.0 Å². The van der Waals surface area contributed by atoms with Gasteiger partial charge in [-0.3, -0.25) is 4.79 Å². The van der Waals surface area contributed by atoms with Crippen LogP contribution < -0.4 is 5.32 Å². The molecule has 0 aliphatic rings. The van der Waals surface area contributed by atoms with E-state index in [-0.39, 0.29) is 15.5 Å². The Morgan fingerprint density at radius 3 is 2.26 bits per heavy atom. The van der Waals surface area contributed by atoms with Crippen molar-refractivity contribution in [3.05, 3.63) is 58.6 Å². The number of anilines is 1. The third-order valence-corrected chi connectivity index (χ3v) is 7.09. The number of esters is 1. The summed E-state index contributed by atoms with van der Waals surface area (Å²) in [5, 5.41) is 2.72. The fraction of sp³-hybridized carbons (Fsp3) is 0.364. The van der Waals surface area contributed by atoms with Crippen LogP contribution in [-0.4, -0.2) is 44.8 Å². The third-order valence-electron chi connectivity index (χ3n) is 4.95. The Balaban J connectivity index is 2.10. The summed E-state index contributed by atoms with van der Waals surface area (Å²) in [7, 11) is -1.00. The largest absolute Gasteiger partial charge is 0.449 e. The Labute approximate surface area is 188 Å². The minimum atomic E-state index is -3.76. The Hall–Kier alpha value is -2.42. The SMILES string of the molecule is CC[C@H](C)c1ccc(NC(=O)[C@H](C)OC(=O)c2cc(S(=O)(=O)N(C)C)ccc2Cl)cc1. The van der Waals surface area contributed by atoms with E-state index in [1.165, 1.54) is 38.7 Å². The third kappa shape index (κ3) is 6.06. The first-order chi connectivity index (χ1) is 14.5. The average molecular weight is 467 g/mol. The summed E-state index contributed by atoms with van der Waals surface area (Å²) in [5.74, 6) is -0.991. The number of amides is 1. The summed E-state index contributed by atoms with van der Waals surface area (Å²) in [6, 6.07) is 11.2. The molecule has 0 aromatic heterocycles. The number of halogens is 1. The van der Waals surface area contributed by atoms with Crippen molar-refractivity contribution in [1.29, 1.82) is 0 Å². The second kappa shape index (κ2) is 10.3. The molecule has 0 heterocycles. The summed E-state index contributed by atoms with van der Waals surface area (Å²) in [6.45, 7) is 5.66. The molecule has 0 unspecified atom stereocenters. The molecule has 31 heavy (non-hydrogen) atoms. The number of nitrogens with one attached hydrogen (secondary N) is 1. The topological polar surface area (TPSA) is 92.8 Å². The second-order valence-corrected chi connectivity index (χ2v) is 9.96. The van der Waals surface area contributed by atoms with Crippen molar-refractivity contribution in [3.63, 3.8) is 0 Å². The molecule has 2 rings (SSSR count). The molecular formula is C22H27ClN2O5S. The molecule has 0 radical (unpaired) electrons. The quantitative estimate of drug-likeness (QED) is 0.586. The number of carbonyl (C=O) groups excluding carboxylic acids is 2. The maximum absolute atomic E-state index is 12.5. The van der Waals surface area contributed by atoms with Gasteiger partial charge in [-0.15, -0.1) is 0 Å². The van der Waals surface area contributed by atoms with Crippen molar-refractivity contribution in [2.24, 2.45) is 0 Å². The van der Waals surface area contributed by atoms with Gasteiger partial charge >= 0.3 is 5.97 Å². The maximum Gasteiger partial charge on any atom is 0.340 e. The van der Waals surface area contributed by atoms with Crippen LogP contribution in [0.1, 0.15) is 49.0 Å². The molecule has 9 heteroatoms. The fourth-order valence-corrected chi connectivity index (χ4v) is 3.81. The van der Waals surface area contributed by atoms with Crippen LogP contribution in [0.15, 0.2) is 47.4 Å². The highest BCUT2D eigenvalue weighted by molar-refractivity contribution is 7.89. The van der Waals surface area contributed by atoms with E-state index in [0.29, 0.717) is 11.6 Å². The summed E-state index contributed by atoms with van der Waals surface area (Å²) >= 11 is 6.06. The van der Waals surface area contributed by atoms with E-state index in [2.05, 4.69) is 19.2 Å². The maximum atomic E-state index is 12.5. The Kier molecular flexibility index (Phi) is 8.22. The lowest BCUT2D eigenvalue weighted by Crippen LogP contribution is -2.30. The molecule has 0 aliphatic heterocycles. The lowest BCUT2D eigenvalue weighted by molar-refractivity contribution is -0.123. The molecule has 0 fully saturated rings. The number of hydrogen-bond donors (Lipinski definition) is 1. The number of sulfonamides is 1. The minimum Gasteiger partial charge on any atom is -0.449 e. The molecule has 0 spiro atoms. The molecule has 0 saturated heterocycles. The van der Waals surface area contributed by atoms with Crippen LogP contribution in [0.4, 0.5) is 5.69 Å². The minimum absolute atomic E-state index is 0.0240. The number of carbonyl (C=O) groups is 2. The Morgan fingerprint density at radius 2 is 1.71 bits per heavy atom. The molecule has 0 aliphatic carbocycles. The van der Waals surface area contributed by atoms with E-state index < -0.39 is 28.0 Å². The lowest BCUT2D eigenvalue weighted by atomic mass is 9.99. The van der Waals surface area contributed by atoms with E-state index in [1.54, 1.807) is 12.1 Å². The van der Waals surface area contributed by atoms with Gasteiger partial charge < -0.3 is 10.1 Å². The zero-order valence-corrected chi connectivity index (χ0v) is 19.8. The molecule has 0 saturated carbocycles. The molecular weight excluding hydrogens is 440 g/mol. The Bertz CT molecular complexity index is 1050. The van der Waals surface area contributed by atoms with Crippen LogP contribution >= 0.6 is 11.6 Å². The van der Waals surface area contributed by atoms with Gasteiger partial charge in [0, 0.05) is 19.8 Å². The zero-order chi connectivity index (χ0) is 23.3. The highest BCUT2D eigenvalue weighted by Gasteiger charge is 2.24. The molecule has 2 aromatic rings. The smallest absolute Gasteiger partial charge is 0.340 e. The molecule has 2 aromatic carbocycles. The van der Waals surface area contributed by atoms with Crippen LogP contribution in [0, 0.1) is 0 Å². The van der Waals surface area contributed by atoms with Crippen molar-refractivity contribution in [1.82, 2.24) is 4.31 Å². The average Bonchev–Trinajstić information content (AvgIpc) is 2.73.